The minimum absolute atomic E-state index is 0.148. The highest BCUT2D eigenvalue weighted by molar-refractivity contribution is 6.12. The van der Waals surface area contributed by atoms with E-state index in [0.717, 1.165) is 50.0 Å². The lowest BCUT2D eigenvalue weighted by Gasteiger charge is -2.32. The van der Waals surface area contributed by atoms with Gasteiger partial charge in [-0.1, -0.05) is 6.92 Å². The number of amides is 1. The number of carbonyl (C=O) groups excluding carboxylic acids is 1. The minimum Gasteiger partial charge on any atom is -0.380 e. The Morgan fingerprint density at radius 1 is 1.23 bits per heavy atom. The fraction of sp³-hybridized carbons (Fsp3) is 0.444. The van der Waals surface area contributed by atoms with Crippen LogP contribution in [0.5, 0.6) is 0 Å². The van der Waals surface area contributed by atoms with Crippen LogP contribution in [0.4, 0.5) is 15.8 Å². The lowest BCUT2D eigenvalue weighted by atomic mass is 9.76. The number of nitrogens with one attached hydrogen (secondary N) is 1. The first-order valence-electron chi connectivity index (χ1n) is 12.3. The first-order valence-corrected chi connectivity index (χ1v) is 12.3. The predicted octanol–water partition coefficient (Wildman–Crippen LogP) is 4.48. The van der Waals surface area contributed by atoms with E-state index < -0.39 is 5.82 Å². The van der Waals surface area contributed by atoms with Crippen molar-refractivity contribution in [3.8, 4) is 0 Å². The number of pyridine rings is 2. The van der Waals surface area contributed by atoms with Gasteiger partial charge in [0.1, 0.15) is 5.82 Å². The topological polar surface area (TPSA) is 93.4 Å². The fourth-order valence-corrected chi connectivity index (χ4v) is 5.65. The number of carbonyl (C=O) groups is 1. The standard InChI is InChI=1S/C27H32FN5O2/c1-16-9-17(11-18(29)10-16)21-5-7-30-14-25(21)32-27(34)22-3-4-24(28)23-12-19(13-31-26(22)23)33-8-6-20(15-33)35-2/h3-5,7,12-14,16-18,20H,6,8-11,15,29H2,1-2H3,(H,32,34)/t16-,17+,18-,20-/m0/s1. The van der Waals surface area contributed by atoms with Crippen LogP contribution in [0.25, 0.3) is 10.9 Å². The molecule has 7 nitrogen and oxygen atoms in total. The summed E-state index contributed by atoms with van der Waals surface area (Å²) in [6.07, 6.45) is 9.11. The number of halogens is 1. The number of rotatable bonds is 5. The van der Waals surface area contributed by atoms with E-state index in [4.69, 9.17) is 10.5 Å². The molecule has 0 unspecified atom stereocenters. The maximum absolute atomic E-state index is 14.8. The highest BCUT2D eigenvalue weighted by Gasteiger charge is 2.28. The van der Waals surface area contributed by atoms with Crippen LogP contribution in [-0.4, -0.2) is 48.2 Å². The van der Waals surface area contributed by atoms with Crippen molar-refractivity contribution in [3.63, 3.8) is 0 Å². The SMILES string of the molecule is CO[C@H]1CCN(c2cnc3c(C(=O)Nc4cnccc4[C@@H]4C[C@H](C)C[C@H](N)C4)ccc(F)c3c2)C1. The zero-order valence-corrected chi connectivity index (χ0v) is 20.2. The van der Waals surface area contributed by atoms with Crippen LogP contribution in [0.15, 0.2) is 42.9 Å². The Morgan fingerprint density at radius 2 is 2.09 bits per heavy atom. The molecule has 184 valence electrons. The predicted molar refractivity (Wildman–Crippen MR) is 135 cm³/mol. The molecule has 3 heterocycles. The van der Waals surface area contributed by atoms with Gasteiger partial charge in [0.2, 0.25) is 0 Å². The van der Waals surface area contributed by atoms with Crippen LogP contribution in [0.1, 0.15) is 54.4 Å². The number of methoxy groups -OCH3 is 1. The van der Waals surface area contributed by atoms with Gasteiger partial charge in [-0.05, 0) is 67.3 Å². The van der Waals surface area contributed by atoms with Crippen molar-refractivity contribution in [1.29, 1.82) is 0 Å². The molecular formula is C27H32FN5O2. The Bertz CT molecular complexity index is 1230. The van der Waals surface area contributed by atoms with Gasteiger partial charge in [-0.2, -0.15) is 0 Å². The van der Waals surface area contributed by atoms with E-state index in [1.165, 1.54) is 12.1 Å². The highest BCUT2D eigenvalue weighted by Crippen LogP contribution is 2.38. The van der Waals surface area contributed by atoms with E-state index >= 15 is 0 Å². The molecule has 0 spiro atoms. The number of hydrogen-bond donors (Lipinski definition) is 2. The van der Waals surface area contributed by atoms with Crippen molar-refractivity contribution >= 4 is 28.2 Å². The van der Waals surface area contributed by atoms with Gasteiger partial charge in [-0.3, -0.25) is 14.8 Å². The second kappa shape index (κ2) is 9.87. The van der Waals surface area contributed by atoms with Gasteiger partial charge < -0.3 is 20.7 Å². The molecule has 8 heteroatoms. The molecule has 2 aromatic heterocycles. The van der Waals surface area contributed by atoms with Crippen molar-refractivity contribution < 1.29 is 13.9 Å². The van der Waals surface area contributed by atoms with Gasteiger partial charge in [0, 0.05) is 37.8 Å². The van der Waals surface area contributed by atoms with Gasteiger partial charge in [-0.15, -0.1) is 0 Å². The molecule has 0 bridgehead atoms. The smallest absolute Gasteiger partial charge is 0.257 e. The summed E-state index contributed by atoms with van der Waals surface area (Å²) in [6.45, 7) is 3.77. The molecule has 1 aliphatic carbocycles. The van der Waals surface area contributed by atoms with Crippen molar-refractivity contribution in [1.82, 2.24) is 9.97 Å². The van der Waals surface area contributed by atoms with E-state index in [0.29, 0.717) is 28.1 Å². The average molecular weight is 478 g/mol. The summed E-state index contributed by atoms with van der Waals surface area (Å²) in [7, 11) is 1.70. The van der Waals surface area contributed by atoms with Crippen LogP contribution < -0.4 is 16.0 Å². The molecule has 0 radical (unpaired) electrons. The summed E-state index contributed by atoms with van der Waals surface area (Å²) >= 11 is 0. The number of fused-ring (bicyclic) bond motifs is 1. The zero-order valence-electron chi connectivity index (χ0n) is 20.2. The second-order valence-electron chi connectivity index (χ2n) is 9.96. The van der Waals surface area contributed by atoms with Gasteiger partial charge >= 0.3 is 0 Å². The number of aromatic nitrogens is 2. The number of ether oxygens (including phenoxy) is 1. The first kappa shape index (κ1) is 23.6. The van der Waals surface area contributed by atoms with Gasteiger partial charge in [-0.25, -0.2) is 4.39 Å². The average Bonchev–Trinajstić information content (AvgIpc) is 3.33. The molecule has 5 rings (SSSR count). The van der Waals surface area contributed by atoms with Gasteiger partial charge in [0.15, 0.2) is 0 Å². The molecule has 1 aromatic carbocycles. The maximum Gasteiger partial charge on any atom is 0.257 e. The summed E-state index contributed by atoms with van der Waals surface area (Å²) in [5.74, 6) is 0.0441. The summed E-state index contributed by atoms with van der Waals surface area (Å²) in [5.41, 5.74) is 9.49. The van der Waals surface area contributed by atoms with Crippen LogP contribution in [0.3, 0.4) is 0 Å². The monoisotopic (exact) mass is 477 g/mol. The number of nitrogens with two attached hydrogens (primary N) is 1. The Kier molecular flexibility index (Phi) is 6.67. The third-order valence-corrected chi connectivity index (χ3v) is 7.39. The normalized spacial score (nSPS) is 24.6. The molecule has 1 amide bonds. The van der Waals surface area contributed by atoms with Gasteiger partial charge in [0.25, 0.3) is 5.91 Å². The molecule has 2 aliphatic rings. The van der Waals surface area contributed by atoms with Crippen molar-refractivity contribution in [2.24, 2.45) is 11.7 Å². The molecule has 4 atom stereocenters. The number of anilines is 2. The molecular weight excluding hydrogens is 445 g/mol. The lowest BCUT2D eigenvalue weighted by molar-refractivity contribution is 0.102. The number of benzene rings is 1. The summed E-state index contributed by atoms with van der Waals surface area (Å²) in [6, 6.07) is 6.70. The highest BCUT2D eigenvalue weighted by atomic mass is 19.1. The van der Waals surface area contributed by atoms with Gasteiger partial charge in [0.05, 0.1) is 41.0 Å². The van der Waals surface area contributed by atoms with Crippen molar-refractivity contribution in [3.05, 3.63) is 59.8 Å². The number of hydrogen-bond acceptors (Lipinski definition) is 6. The Morgan fingerprint density at radius 3 is 2.86 bits per heavy atom. The fourth-order valence-electron chi connectivity index (χ4n) is 5.65. The zero-order chi connectivity index (χ0) is 24.5. The molecule has 1 aliphatic heterocycles. The van der Waals surface area contributed by atoms with Crippen LogP contribution in [0.2, 0.25) is 0 Å². The molecule has 2 fully saturated rings. The van der Waals surface area contributed by atoms with Crippen LogP contribution in [-0.2, 0) is 4.74 Å². The maximum atomic E-state index is 14.8. The lowest BCUT2D eigenvalue weighted by Crippen LogP contribution is -2.31. The van der Waals surface area contributed by atoms with E-state index in [1.54, 1.807) is 31.8 Å². The second-order valence-corrected chi connectivity index (χ2v) is 9.96. The number of nitrogens with zero attached hydrogens (tertiary/aromatic N) is 3. The third-order valence-electron chi connectivity index (χ3n) is 7.39. The molecule has 35 heavy (non-hydrogen) atoms. The van der Waals surface area contributed by atoms with Crippen LogP contribution >= 0.6 is 0 Å². The molecule has 1 saturated carbocycles. The largest absolute Gasteiger partial charge is 0.380 e. The van der Waals surface area contributed by atoms with E-state index in [9.17, 15) is 9.18 Å². The quantitative estimate of drug-likeness (QED) is 0.563. The Labute approximate surface area is 204 Å². The minimum atomic E-state index is -0.402. The van der Waals surface area contributed by atoms with E-state index in [-0.39, 0.29) is 24.0 Å². The Hall–Kier alpha value is -3.10. The van der Waals surface area contributed by atoms with E-state index in [1.807, 2.05) is 6.07 Å². The summed E-state index contributed by atoms with van der Waals surface area (Å²) in [5, 5.41) is 3.35. The van der Waals surface area contributed by atoms with Crippen LogP contribution in [0, 0.1) is 11.7 Å². The summed E-state index contributed by atoms with van der Waals surface area (Å²) < 4.78 is 20.3. The first-order chi connectivity index (χ1) is 16.9. The molecule has 1 saturated heterocycles. The molecule has 3 aromatic rings. The van der Waals surface area contributed by atoms with E-state index in [2.05, 4.69) is 27.1 Å². The van der Waals surface area contributed by atoms with Crippen molar-refractivity contribution in [2.45, 2.75) is 50.7 Å². The summed E-state index contributed by atoms with van der Waals surface area (Å²) in [4.78, 5) is 24.3. The molecule has 3 N–H and O–H groups in total. The van der Waals surface area contributed by atoms with Crippen molar-refractivity contribution in [2.75, 3.05) is 30.4 Å². The third kappa shape index (κ3) is 4.86. The Balaban J connectivity index is 1.43.